The van der Waals surface area contributed by atoms with Crippen LogP contribution in [0.2, 0.25) is 0 Å². The maximum Gasteiger partial charge on any atom is 0.186 e. The summed E-state index contributed by atoms with van der Waals surface area (Å²) in [5.41, 5.74) is 12.6. The molecule has 1 aliphatic heterocycles. The number of hydrogen-bond donors (Lipinski definition) is 1. The van der Waals surface area contributed by atoms with Gasteiger partial charge in [0, 0.05) is 7.11 Å². The lowest BCUT2D eigenvalue weighted by molar-refractivity contribution is -0.324. The summed E-state index contributed by atoms with van der Waals surface area (Å²) in [5.74, 6) is 0. The van der Waals surface area contributed by atoms with E-state index in [9.17, 15) is 0 Å². The molecule has 69 heavy (non-hydrogen) atoms. The first kappa shape index (κ1) is 54.1. The summed E-state index contributed by atoms with van der Waals surface area (Å²) in [7, 11) is 1.66. The highest BCUT2D eigenvalue weighted by molar-refractivity contribution is 5.17. The maximum absolute atomic E-state index is 7.27. The Morgan fingerprint density at radius 1 is 0.464 bits per heavy atom. The van der Waals surface area contributed by atoms with E-state index < -0.39 is 42.9 Å². The minimum atomic E-state index is -0.862. The Morgan fingerprint density at radius 3 is 1.36 bits per heavy atom. The number of benzene rings is 5. The average molecular weight is 944 g/mol. The van der Waals surface area contributed by atoms with Crippen molar-refractivity contribution in [3.63, 3.8) is 0 Å². The zero-order chi connectivity index (χ0) is 48.0. The number of rotatable bonds is 35. The molecule has 1 heterocycles. The maximum atomic E-state index is 7.27. The summed E-state index contributed by atoms with van der Waals surface area (Å²) < 4.78 is 53.6. The third kappa shape index (κ3) is 19.8. The predicted molar refractivity (Wildman–Crippen MR) is 275 cm³/mol. The van der Waals surface area contributed by atoms with Gasteiger partial charge in [-0.2, -0.15) is 0 Å². The molecule has 8 atom stereocenters. The van der Waals surface area contributed by atoms with Crippen molar-refractivity contribution in [2.45, 2.75) is 172 Å². The monoisotopic (exact) mass is 944 g/mol. The molecular formula is C60H81NO8. The van der Waals surface area contributed by atoms with Crippen LogP contribution >= 0.6 is 0 Å². The van der Waals surface area contributed by atoms with Crippen LogP contribution in [0.25, 0.3) is 0 Å². The standard InChI is InChI=1S/C60H81NO8/c1-3-4-5-6-7-8-9-10-11-12-13-29-40-54(64-42-49-32-21-15-22-33-49)56(65-43-50-34-23-16-24-35-50)53(61)46-68-60-59(62-2)58(67-45-52-38-27-18-28-39-52)57(66-44-51-36-25-17-26-37-51)55(69-60)47-63-41-48-30-19-14-20-31-48/h14-28,30-39,53-60H,3-13,29,40-47,61H2,1-2H3/t53-,54+,55+,56-,57-,58-,59+,60-/m0/s1. The molecule has 0 aliphatic carbocycles. The Morgan fingerprint density at radius 2 is 0.884 bits per heavy atom. The van der Waals surface area contributed by atoms with E-state index in [4.69, 9.17) is 43.6 Å². The topological polar surface area (TPSA) is 99.9 Å². The van der Waals surface area contributed by atoms with Crippen LogP contribution in [0.4, 0.5) is 0 Å². The van der Waals surface area contributed by atoms with Gasteiger partial charge < -0.3 is 43.6 Å². The third-order valence-corrected chi connectivity index (χ3v) is 13.0. The first-order valence-electron chi connectivity index (χ1n) is 25.9. The Balaban J connectivity index is 1.18. The van der Waals surface area contributed by atoms with Gasteiger partial charge in [0.25, 0.3) is 0 Å². The number of methoxy groups -OCH3 is 1. The molecule has 1 fully saturated rings. The second-order valence-corrected chi connectivity index (χ2v) is 18.5. The van der Waals surface area contributed by atoms with Gasteiger partial charge in [0.15, 0.2) is 6.29 Å². The van der Waals surface area contributed by atoms with Gasteiger partial charge in [0.05, 0.1) is 58.4 Å². The van der Waals surface area contributed by atoms with Crippen LogP contribution in [-0.4, -0.2) is 69.3 Å². The highest BCUT2D eigenvalue weighted by Gasteiger charge is 2.49. The Kier molecular flexibility index (Phi) is 25.5. The van der Waals surface area contributed by atoms with Crippen molar-refractivity contribution in [1.29, 1.82) is 0 Å². The molecule has 0 amide bonds. The van der Waals surface area contributed by atoms with E-state index in [1.807, 2.05) is 91.0 Å². The predicted octanol–water partition coefficient (Wildman–Crippen LogP) is 12.7. The van der Waals surface area contributed by atoms with Gasteiger partial charge in [-0.1, -0.05) is 236 Å². The molecule has 0 spiro atoms. The van der Waals surface area contributed by atoms with Gasteiger partial charge in [-0.15, -0.1) is 0 Å². The lowest BCUT2D eigenvalue weighted by Crippen LogP contribution is -2.62. The summed E-state index contributed by atoms with van der Waals surface area (Å²) in [6, 6.07) is 50.4. The van der Waals surface area contributed by atoms with Crippen LogP contribution < -0.4 is 5.73 Å². The smallest absolute Gasteiger partial charge is 0.186 e. The SMILES string of the molecule is CCCCCCCCCCCCCC[C@@H](OCc1ccccc1)[C@@H](OCc1ccccc1)[C@@H](N)CO[C@H]1O[C@H](COCc2ccccc2)[C@H](OCc2ccccc2)[C@H](OCc2ccccc2)[C@H]1OC. The molecule has 0 radical (unpaired) electrons. The van der Waals surface area contributed by atoms with Gasteiger partial charge >= 0.3 is 0 Å². The van der Waals surface area contributed by atoms with Crippen molar-refractivity contribution in [2.24, 2.45) is 5.73 Å². The van der Waals surface area contributed by atoms with E-state index >= 15 is 0 Å². The van der Waals surface area contributed by atoms with E-state index in [1.54, 1.807) is 7.11 Å². The van der Waals surface area contributed by atoms with E-state index in [-0.39, 0.29) is 19.3 Å². The van der Waals surface area contributed by atoms with Crippen molar-refractivity contribution in [1.82, 2.24) is 0 Å². The number of nitrogens with two attached hydrogens (primary N) is 1. The Bertz CT molecular complexity index is 2000. The molecule has 2 N–H and O–H groups in total. The summed E-state index contributed by atoms with van der Waals surface area (Å²) in [5, 5.41) is 0. The Hall–Kier alpha value is -4.26. The summed E-state index contributed by atoms with van der Waals surface area (Å²) in [6.07, 6.45) is 12.2. The van der Waals surface area contributed by atoms with Gasteiger partial charge in [0.1, 0.15) is 30.5 Å². The van der Waals surface area contributed by atoms with Crippen LogP contribution in [0.1, 0.15) is 118 Å². The quantitative estimate of drug-likeness (QED) is 0.0398. The summed E-state index contributed by atoms with van der Waals surface area (Å²) in [6.45, 7) is 4.58. The zero-order valence-electron chi connectivity index (χ0n) is 41.5. The minimum Gasteiger partial charge on any atom is -0.374 e. The molecule has 374 valence electrons. The van der Waals surface area contributed by atoms with Crippen molar-refractivity contribution in [3.05, 3.63) is 179 Å². The molecular weight excluding hydrogens is 863 g/mol. The van der Waals surface area contributed by atoms with E-state index in [2.05, 4.69) is 67.6 Å². The van der Waals surface area contributed by atoms with Crippen LogP contribution in [0.15, 0.2) is 152 Å². The fourth-order valence-corrected chi connectivity index (χ4v) is 9.07. The molecule has 6 rings (SSSR count). The molecule has 1 saturated heterocycles. The molecule has 0 saturated carbocycles. The van der Waals surface area contributed by atoms with Crippen LogP contribution in [0, 0.1) is 0 Å². The lowest BCUT2D eigenvalue weighted by atomic mass is 9.97. The van der Waals surface area contributed by atoms with Crippen molar-refractivity contribution in [3.8, 4) is 0 Å². The molecule has 9 heteroatoms. The molecule has 1 aliphatic rings. The lowest BCUT2D eigenvalue weighted by Gasteiger charge is -2.45. The van der Waals surface area contributed by atoms with Gasteiger partial charge in [-0.25, -0.2) is 0 Å². The van der Waals surface area contributed by atoms with Crippen LogP contribution in [0.3, 0.4) is 0 Å². The normalized spacial score (nSPS) is 19.6. The highest BCUT2D eigenvalue weighted by atomic mass is 16.7. The highest BCUT2D eigenvalue weighted by Crippen LogP contribution is 2.31. The fourth-order valence-electron chi connectivity index (χ4n) is 9.07. The van der Waals surface area contributed by atoms with E-state index in [1.165, 1.54) is 64.2 Å². The van der Waals surface area contributed by atoms with Crippen LogP contribution in [0.5, 0.6) is 0 Å². The number of ether oxygens (including phenoxy) is 8. The molecule has 5 aromatic carbocycles. The summed E-state index contributed by atoms with van der Waals surface area (Å²) >= 11 is 0. The van der Waals surface area contributed by atoms with Gasteiger partial charge in [-0.3, -0.25) is 0 Å². The molecule has 5 aromatic rings. The second kappa shape index (κ2) is 32.6. The van der Waals surface area contributed by atoms with E-state index in [0.29, 0.717) is 33.0 Å². The van der Waals surface area contributed by atoms with Gasteiger partial charge in [-0.05, 0) is 34.2 Å². The van der Waals surface area contributed by atoms with Crippen molar-refractivity contribution < 1.29 is 37.9 Å². The zero-order valence-corrected chi connectivity index (χ0v) is 41.5. The third-order valence-electron chi connectivity index (χ3n) is 13.0. The first-order valence-corrected chi connectivity index (χ1v) is 25.9. The number of unbranched alkanes of at least 4 members (excludes halogenated alkanes) is 11. The number of hydrogen-bond acceptors (Lipinski definition) is 9. The largest absolute Gasteiger partial charge is 0.374 e. The fraction of sp³-hybridized carbons (Fsp3) is 0.500. The average Bonchev–Trinajstić information content (AvgIpc) is 3.40. The molecule has 9 nitrogen and oxygen atoms in total. The van der Waals surface area contributed by atoms with E-state index in [0.717, 1.165) is 47.1 Å². The molecule has 0 aromatic heterocycles. The Labute approximate surface area is 414 Å². The van der Waals surface area contributed by atoms with Crippen LogP contribution in [-0.2, 0) is 70.9 Å². The van der Waals surface area contributed by atoms with Crippen molar-refractivity contribution >= 4 is 0 Å². The minimum absolute atomic E-state index is 0.117. The second-order valence-electron chi connectivity index (χ2n) is 18.5. The summed E-state index contributed by atoms with van der Waals surface area (Å²) in [4.78, 5) is 0. The molecule has 0 unspecified atom stereocenters. The first-order chi connectivity index (χ1) is 34.1. The molecule has 0 bridgehead atoms. The van der Waals surface area contributed by atoms with Crippen molar-refractivity contribution in [2.75, 3.05) is 20.3 Å². The van der Waals surface area contributed by atoms with Gasteiger partial charge in [0.2, 0.25) is 0 Å².